The van der Waals surface area contributed by atoms with Gasteiger partial charge in [0.05, 0.1) is 40.3 Å². The van der Waals surface area contributed by atoms with Gasteiger partial charge in [0.25, 0.3) is 0 Å². The van der Waals surface area contributed by atoms with Crippen LogP contribution < -0.4 is 5.11 Å². The average molecular weight is 822 g/mol. The van der Waals surface area contributed by atoms with Gasteiger partial charge in [0.2, 0.25) is 0 Å². The highest BCUT2D eigenvalue weighted by atomic mass is 16.6. The standard InChI is InChI=1S/C51H83NO7/c1-6-8-10-12-14-16-18-20-21-22-23-24-25-26-27-28-30-31-33-35-37-39-41-49(53)58-46-47(45-57-44-43-48(51(55)56)52(3,4)5)59-50(54)42-40-38-36-34-32-29-19-17-15-13-11-9-7-2/h8,10,14,16,20-21,23-24,26-27,29-32,36,38,47-48H,6-7,9,11-13,15,17-19,22,25,28,33-35,37,39-46H2,1-5H3/b10-8+,16-14+,21-20+,24-23+,27-26+,31-30+,32-29+,38-36+. The zero-order chi connectivity index (χ0) is 43.5. The van der Waals surface area contributed by atoms with E-state index < -0.39 is 24.1 Å². The number of nitrogens with zero attached hydrogens (tertiary/aromatic N) is 1. The van der Waals surface area contributed by atoms with Crippen LogP contribution in [0.1, 0.15) is 155 Å². The van der Waals surface area contributed by atoms with Crippen molar-refractivity contribution in [1.82, 2.24) is 0 Å². The first-order chi connectivity index (χ1) is 28.6. The number of carboxylic acid groups (broad SMARTS) is 1. The highest BCUT2D eigenvalue weighted by molar-refractivity contribution is 5.70. The number of carbonyl (C=O) groups is 3. The molecule has 0 radical (unpaired) electrons. The van der Waals surface area contributed by atoms with Gasteiger partial charge < -0.3 is 28.6 Å². The van der Waals surface area contributed by atoms with Gasteiger partial charge in [-0.1, -0.05) is 150 Å². The van der Waals surface area contributed by atoms with E-state index in [1.807, 2.05) is 6.08 Å². The number of rotatable bonds is 39. The molecular weight excluding hydrogens is 739 g/mol. The molecule has 0 bridgehead atoms. The number of likely N-dealkylation sites (N-methyl/N-ethyl adjacent to an activating group) is 1. The maximum atomic E-state index is 12.7. The molecule has 0 heterocycles. The fraction of sp³-hybridized carbons (Fsp3) is 0.627. The molecule has 0 N–H and O–H groups in total. The second-order valence-electron chi connectivity index (χ2n) is 15.9. The van der Waals surface area contributed by atoms with Crippen LogP contribution in [0.2, 0.25) is 0 Å². The molecule has 334 valence electrons. The minimum atomic E-state index is -1.14. The number of unbranched alkanes of at least 4 members (excludes halogenated alkanes) is 9. The summed E-state index contributed by atoms with van der Waals surface area (Å²) in [5.41, 5.74) is 0. The van der Waals surface area contributed by atoms with Gasteiger partial charge in [-0.2, -0.15) is 0 Å². The Morgan fingerprint density at radius 3 is 1.47 bits per heavy atom. The summed E-state index contributed by atoms with van der Waals surface area (Å²) in [6.07, 6.45) is 54.5. The molecule has 0 saturated carbocycles. The number of carbonyl (C=O) groups excluding carboxylic acids is 3. The first-order valence-corrected chi connectivity index (χ1v) is 22.8. The number of carboxylic acids is 1. The molecule has 0 aliphatic carbocycles. The number of hydrogen-bond acceptors (Lipinski definition) is 7. The predicted octanol–water partition coefficient (Wildman–Crippen LogP) is 11.4. The third kappa shape index (κ3) is 39.5. The lowest BCUT2D eigenvalue weighted by Crippen LogP contribution is -2.55. The number of esters is 2. The molecule has 2 unspecified atom stereocenters. The number of ether oxygens (including phenoxy) is 3. The zero-order valence-corrected chi connectivity index (χ0v) is 37.9. The average Bonchev–Trinajstić information content (AvgIpc) is 3.19. The summed E-state index contributed by atoms with van der Waals surface area (Å²) in [7, 11) is 5.37. The Hall–Kier alpha value is -3.75. The van der Waals surface area contributed by atoms with E-state index in [1.54, 1.807) is 21.1 Å². The van der Waals surface area contributed by atoms with E-state index in [0.29, 0.717) is 12.8 Å². The lowest BCUT2D eigenvalue weighted by atomic mass is 10.1. The van der Waals surface area contributed by atoms with Gasteiger partial charge in [0.15, 0.2) is 6.10 Å². The van der Waals surface area contributed by atoms with Crippen molar-refractivity contribution < 1.29 is 38.2 Å². The van der Waals surface area contributed by atoms with E-state index in [4.69, 9.17) is 14.2 Å². The van der Waals surface area contributed by atoms with Crippen LogP contribution in [0.3, 0.4) is 0 Å². The third-order valence-corrected chi connectivity index (χ3v) is 9.47. The van der Waals surface area contributed by atoms with Crippen molar-refractivity contribution in [3.63, 3.8) is 0 Å². The van der Waals surface area contributed by atoms with Crippen molar-refractivity contribution in [2.75, 3.05) is 41.0 Å². The molecule has 0 aromatic rings. The van der Waals surface area contributed by atoms with Gasteiger partial charge in [-0.05, 0) is 83.5 Å². The van der Waals surface area contributed by atoms with Crippen molar-refractivity contribution in [3.8, 4) is 0 Å². The van der Waals surface area contributed by atoms with E-state index in [0.717, 1.165) is 77.0 Å². The van der Waals surface area contributed by atoms with Crippen LogP contribution in [0.5, 0.6) is 0 Å². The Morgan fingerprint density at radius 2 is 0.983 bits per heavy atom. The smallest absolute Gasteiger partial charge is 0.306 e. The lowest BCUT2D eigenvalue weighted by Gasteiger charge is -2.34. The van der Waals surface area contributed by atoms with Crippen LogP contribution in [0.15, 0.2) is 97.2 Å². The molecule has 8 heteroatoms. The molecule has 0 spiro atoms. The highest BCUT2D eigenvalue weighted by Crippen LogP contribution is 2.11. The normalized spacial score (nSPS) is 13.8. The van der Waals surface area contributed by atoms with Crippen LogP contribution in [0.25, 0.3) is 0 Å². The Kier molecular flexibility index (Phi) is 38.4. The maximum Gasteiger partial charge on any atom is 0.306 e. The summed E-state index contributed by atoms with van der Waals surface area (Å²) in [4.78, 5) is 36.8. The molecule has 2 atom stereocenters. The second kappa shape index (κ2) is 41.0. The zero-order valence-electron chi connectivity index (χ0n) is 37.9. The molecule has 0 aromatic heterocycles. The van der Waals surface area contributed by atoms with Crippen LogP contribution in [-0.4, -0.2) is 75.5 Å². The molecule has 0 amide bonds. The Labute approximate surface area is 360 Å². The molecule has 0 aliphatic heterocycles. The molecule has 0 saturated heterocycles. The molecule has 8 nitrogen and oxygen atoms in total. The first-order valence-electron chi connectivity index (χ1n) is 22.8. The van der Waals surface area contributed by atoms with Gasteiger partial charge >= 0.3 is 11.9 Å². The number of quaternary nitrogens is 1. The van der Waals surface area contributed by atoms with Crippen LogP contribution in [-0.2, 0) is 28.6 Å². The van der Waals surface area contributed by atoms with Crippen molar-refractivity contribution in [2.45, 2.75) is 167 Å². The summed E-state index contributed by atoms with van der Waals surface area (Å²) >= 11 is 0. The van der Waals surface area contributed by atoms with Crippen molar-refractivity contribution in [3.05, 3.63) is 97.2 Å². The highest BCUT2D eigenvalue weighted by Gasteiger charge is 2.25. The summed E-state index contributed by atoms with van der Waals surface area (Å²) in [5, 5.41) is 11.6. The molecular formula is C51H83NO7. The Balaban J connectivity index is 4.44. The fourth-order valence-corrected chi connectivity index (χ4v) is 5.95. The van der Waals surface area contributed by atoms with Gasteiger partial charge in [-0.15, -0.1) is 0 Å². The van der Waals surface area contributed by atoms with Gasteiger partial charge in [-0.25, -0.2) is 0 Å². The van der Waals surface area contributed by atoms with Gasteiger partial charge in [0, 0.05) is 19.3 Å². The monoisotopic (exact) mass is 822 g/mol. The van der Waals surface area contributed by atoms with Gasteiger partial charge in [-0.3, -0.25) is 9.59 Å². The quantitative estimate of drug-likeness (QED) is 0.0263. The summed E-state index contributed by atoms with van der Waals surface area (Å²) in [6.45, 7) is 4.42. The van der Waals surface area contributed by atoms with E-state index in [1.165, 1.54) is 38.5 Å². The molecule has 0 aromatic carbocycles. The van der Waals surface area contributed by atoms with Crippen molar-refractivity contribution in [1.29, 1.82) is 0 Å². The van der Waals surface area contributed by atoms with E-state index >= 15 is 0 Å². The summed E-state index contributed by atoms with van der Waals surface area (Å²) in [6, 6.07) is -0.745. The largest absolute Gasteiger partial charge is 0.544 e. The predicted molar refractivity (Wildman–Crippen MR) is 245 cm³/mol. The third-order valence-electron chi connectivity index (χ3n) is 9.47. The Bertz CT molecular complexity index is 1280. The number of allylic oxidation sites excluding steroid dienone is 16. The molecule has 0 rings (SSSR count). The van der Waals surface area contributed by atoms with E-state index in [9.17, 15) is 19.5 Å². The maximum absolute atomic E-state index is 12.7. The van der Waals surface area contributed by atoms with E-state index in [2.05, 4.69) is 105 Å². The van der Waals surface area contributed by atoms with E-state index in [-0.39, 0.29) is 43.1 Å². The lowest BCUT2D eigenvalue weighted by molar-refractivity contribution is -0.889. The number of hydrogen-bond donors (Lipinski definition) is 0. The topological polar surface area (TPSA) is 102 Å². The summed E-state index contributed by atoms with van der Waals surface area (Å²) < 4.78 is 17.1. The minimum absolute atomic E-state index is 0.00112. The fourth-order valence-electron chi connectivity index (χ4n) is 5.95. The summed E-state index contributed by atoms with van der Waals surface area (Å²) in [5.74, 6) is -1.88. The first kappa shape index (κ1) is 55.2. The minimum Gasteiger partial charge on any atom is -0.544 e. The van der Waals surface area contributed by atoms with Crippen molar-refractivity contribution >= 4 is 17.9 Å². The van der Waals surface area contributed by atoms with Gasteiger partial charge in [0.1, 0.15) is 12.6 Å². The van der Waals surface area contributed by atoms with Crippen LogP contribution in [0, 0.1) is 0 Å². The molecule has 0 fully saturated rings. The molecule has 59 heavy (non-hydrogen) atoms. The number of aliphatic carboxylic acids is 1. The molecule has 0 aliphatic rings. The SMILES string of the molecule is CC/C=C/C/C=C/C/C=C/C/C=C/C/C=C/C/C=C/CCCCCC(=O)OCC(COCCC(C(=O)[O-])[N+](C)(C)C)OC(=O)CC/C=C/C/C=C/CCCCCCCC. The van der Waals surface area contributed by atoms with Crippen molar-refractivity contribution in [2.24, 2.45) is 0 Å². The van der Waals surface area contributed by atoms with Crippen LogP contribution in [0.4, 0.5) is 0 Å². The Morgan fingerprint density at radius 1 is 0.525 bits per heavy atom. The second-order valence-corrected chi connectivity index (χ2v) is 15.9. The van der Waals surface area contributed by atoms with Crippen LogP contribution >= 0.6 is 0 Å².